The fourth-order valence-electron chi connectivity index (χ4n) is 2.47. The van der Waals surface area contributed by atoms with Gasteiger partial charge in [0.1, 0.15) is 0 Å². The predicted octanol–water partition coefficient (Wildman–Crippen LogP) is 3.04. The van der Waals surface area contributed by atoms with Gasteiger partial charge in [0.05, 0.1) is 22.8 Å². The van der Waals surface area contributed by atoms with Gasteiger partial charge in [-0.05, 0) is 37.8 Å². The molecular formula is C16H16ClN3O2S. The Morgan fingerprint density at radius 1 is 1.22 bits per heavy atom. The third-order valence-corrected chi connectivity index (χ3v) is 5.02. The van der Waals surface area contributed by atoms with Gasteiger partial charge in [0, 0.05) is 4.88 Å². The zero-order chi connectivity index (χ0) is 16.2. The number of anilines is 1. The van der Waals surface area contributed by atoms with Crippen LogP contribution in [0.1, 0.15) is 33.8 Å². The molecule has 0 spiro atoms. The highest BCUT2D eigenvalue weighted by molar-refractivity contribution is 7.15. The van der Waals surface area contributed by atoms with Crippen molar-refractivity contribution in [3.05, 3.63) is 45.4 Å². The predicted molar refractivity (Wildman–Crippen MR) is 91.2 cm³/mol. The smallest absolute Gasteiger partial charge is 0.253 e. The first-order valence-electron chi connectivity index (χ1n) is 7.44. The van der Waals surface area contributed by atoms with E-state index in [1.807, 2.05) is 0 Å². The molecule has 2 amide bonds. The van der Waals surface area contributed by atoms with E-state index < -0.39 is 0 Å². The number of rotatable bonds is 4. The van der Waals surface area contributed by atoms with Crippen LogP contribution in [0.15, 0.2) is 24.3 Å². The molecule has 5 nitrogen and oxygen atoms in total. The van der Waals surface area contributed by atoms with Crippen molar-refractivity contribution in [2.45, 2.75) is 25.7 Å². The van der Waals surface area contributed by atoms with E-state index in [1.165, 1.54) is 22.6 Å². The molecule has 23 heavy (non-hydrogen) atoms. The van der Waals surface area contributed by atoms with Crippen molar-refractivity contribution < 1.29 is 9.59 Å². The molecule has 1 aliphatic carbocycles. The summed E-state index contributed by atoms with van der Waals surface area (Å²) in [5.41, 5.74) is 1.45. The zero-order valence-corrected chi connectivity index (χ0v) is 14.0. The first-order chi connectivity index (χ1) is 11.1. The summed E-state index contributed by atoms with van der Waals surface area (Å²) in [4.78, 5) is 29.6. The lowest BCUT2D eigenvalue weighted by Gasteiger charge is -2.06. The van der Waals surface area contributed by atoms with Crippen molar-refractivity contribution in [3.8, 4) is 0 Å². The molecule has 0 fully saturated rings. The second-order valence-electron chi connectivity index (χ2n) is 5.31. The largest absolute Gasteiger partial charge is 0.343 e. The van der Waals surface area contributed by atoms with Crippen molar-refractivity contribution in [3.63, 3.8) is 0 Å². The number of hydrogen-bond donors (Lipinski definition) is 2. The molecule has 2 aromatic rings. The average molecular weight is 350 g/mol. The summed E-state index contributed by atoms with van der Waals surface area (Å²) < 4.78 is 0. The number of fused-ring (bicyclic) bond motifs is 1. The second kappa shape index (κ2) is 7.10. The Morgan fingerprint density at radius 3 is 2.78 bits per heavy atom. The quantitative estimate of drug-likeness (QED) is 0.891. The van der Waals surface area contributed by atoms with Crippen LogP contribution in [0.5, 0.6) is 0 Å². The van der Waals surface area contributed by atoms with Crippen LogP contribution in [0.4, 0.5) is 5.13 Å². The van der Waals surface area contributed by atoms with Crippen molar-refractivity contribution in [1.82, 2.24) is 10.3 Å². The van der Waals surface area contributed by atoms with E-state index in [1.54, 1.807) is 24.3 Å². The minimum absolute atomic E-state index is 0.117. The number of amides is 2. The highest BCUT2D eigenvalue weighted by Gasteiger charge is 2.17. The SMILES string of the molecule is O=C(CNC(=O)c1ccccc1Cl)Nc1nc2c(s1)CCCC2. The second-order valence-corrected chi connectivity index (χ2v) is 6.80. The number of thiazole rings is 1. The molecule has 7 heteroatoms. The summed E-state index contributed by atoms with van der Waals surface area (Å²) in [5.74, 6) is -0.666. The van der Waals surface area contributed by atoms with Crippen LogP contribution >= 0.6 is 22.9 Å². The van der Waals surface area contributed by atoms with Gasteiger partial charge in [0.15, 0.2) is 5.13 Å². The lowest BCUT2D eigenvalue weighted by molar-refractivity contribution is -0.115. The van der Waals surface area contributed by atoms with Gasteiger partial charge in [-0.3, -0.25) is 9.59 Å². The van der Waals surface area contributed by atoms with Crippen LogP contribution in [0.3, 0.4) is 0 Å². The van der Waals surface area contributed by atoms with E-state index in [4.69, 9.17) is 11.6 Å². The highest BCUT2D eigenvalue weighted by atomic mass is 35.5. The summed E-state index contributed by atoms with van der Waals surface area (Å²) in [6, 6.07) is 6.72. The Bertz CT molecular complexity index is 721. The Kier molecular flexibility index (Phi) is 4.93. The first kappa shape index (κ1) is 16.0. The number of aryl methyl sites for hydroxylation is 2. The molecule has 0 saturated heterocycles. The molecule has 1 aromatic carbocycles. The standard InChI is InChI=1S/C16H16ClN3O2S/c17-11-6-2-1-5-10(11)15(22)18-9-14(21)20-16-19-12-7-3-4-8-13(12)23-16/h1-2,5-6H,3-4,7-9H2,(H,18,22)(H,19,20,21). The maximum absolute atomic E-state index is 12.0. The Labute approximate surface area is 143 Å². The van der Waals surface area contributed by atoms with Crippen LogP contribution in [-0.2, 0) is 17.6 Å². The zero-order valence-electron chi connectivity index (χ0n) is 12.4. The fraction of sp³-hybridized carbons (Fsp3) is 0.312. The number of hydrogen-bond acceptors (Lipinski definition) is 4. The van der Waals surface area contributed by atoms with Gasteiger partial charge in [-0.15, -0.1) is 11.3 Å². The van der Waals surface area contributed by atoms with Crippen LogP contribution < -0.4 is 10.6 Å². The average Bonchev–Trinajstić information content (AvgIpc) is 2.95. The van der Waals surface area contributed by atoms with E-state index in [2.05, 4.69) is 15.6 Å². The van der Waals surface area contributed by atoms with Crippen LogP contribution in [-0.4, -0.2) is 23.3 Å². The summed E-state index contributed by atoms with van der Waals surface area (Å²) in [6.45, 7) is -0.117. The normalized spacial score (nSPS) is 13.3. The topological polar surface area (TPSA) is 71.1 Å². The lowest BCUT2D eigenvalue weighted by Crippen LogP contribution is -2.33. The molecule has 0 radical (unpaired) electrons. The van der Waals surface area contributed by atoms with Crippen molar-refractivity contribution in [2.75, 3.05) is 11.9 Å². The Morgan fingerprint density at radius 2 is 2.00 bits per heavy atom. The van der Waals surface area contributed by atoms with E-state index >= 15 is 0 Å². The Hall–Kier alpha value is -1.92. The number of nitrogens with one attached hydrogen (secondary N) is 2. The number of halogens is 1. The molecule has 0 atom stereocenters. The monoisotopic (exact) mass is 349 g/mol. The number of benzene rings is 1. The minimum Gasteiger partial charge on any atom is -0.343 e. The van der Waals surface area contributed by atoms with Gasteiger partial charge in [-0.1, -0.05) is 23.7 Å². The molecule has 0 aliphatic heterocycles. The van der Waals surface area contributed by atoms with E-state index in [0.29, 0.717) is 15.7 Å². The van der Waals surface area contributed by atoms with Gasteiger partial charge >= 0.3 is 0 Å². The van der Waals surface area contributed by atoms with Gasteiger partial charge in [-0.25, -0.2) is 4.98 Å². The summed E-state index contributed by atoms with van der Waals surface area (Å²) in [6.07, 6.45) is 4.34. The summed E-state index contributed by atoms with van der Waals surface area (Å²) in [5, 5.41) is 6.27. The van der Waals surface area contributed by atoms with E-state index in [0.717, 1.165) is 25.0 Å². The van der Waals surface area contributed by atoms with Crippen LogP contribution in [0.2, 0.25) is 5.02 Å². The fourth-order valence-corrected chi connectivity index (χ4v) is 3.76. The molecule has 120 valence electrons. The van der Waals surface area contributed by atoms with Crippen molar-refractivity contribution in [2.24, 2.45) is 0 Å². The molecule has 0 bridgehead atoms. The molecule has 1 heterocycles. The van der Waals surface area contributed by atoms with E-state index in [9.17, 15) is 9.59 Å². The van der Waals surface area contributed by atoms with Crippen molar-refractivity contribution >= 4 is 39.9 Å². The van der Waals surface area contributed by atoms with Gasteiger partial charge in [0.25, 0.3) is 5.91 Å². The van der Waals surface area contributed by atoms with Gasteiger partial charge in [-0.2, -0.15) is 0 Å². The minimum atomic E-state index is -0.371. The highest BCUT2D eigenvalue weighted by Crippen LogP contribution is 2.29. The maximum Gasteiger partial charge on any atom is 0.253 e. The molecule has 1 aromatic heterocycles. The third-order valence-electron chi connectivity index (χ3n) is 3.62. The van der Waals surface area contributed by atoms with Gasteiger partial charge < -0.3 is 10.6 Å². The number of carbonyl (C=O) groups excluding carboxylic acids is 2. The van der Waals surface area contributed by atoms with Crippen LogP contribution in [0, 0.1) is 0 Å². The maximum atomic E-state index is 12.0. The molecule has 1 aliphatic rings. The van der Waals surface area contributed by atoms with Crippen LogP contribution in [0.25, 0.3) is 0 Å². The molecule has 2 N–H and O–H groups in total. The molecule has 3 rings (SSSR count). The van der Waals surface area contributed by atoms with Crippen molar-refractivity contribution in [1.29, 1.82) is 0 Å². The molecule has 0 saturated carbocycles. The number of carbonyl (C=O) groups is 2. The first-order valence-corrected chi connectivity index (χ1v) is 8.64. The van der Waals surface area contributed by atoms with E-state index in [-0.39, 0.29) is 18.4 Å². The lowest BCUT2D eigenvalue weighted by atomic mass is 10.0. The number of aromatic nitrogens is 1. The molecular weight excluding hydrogens is 334 g/mol. The third kappa shape index (κ3) is 3.89. The number of nitrogens with zero attached hydrogens (tertiary/aromatic N) is 1. The Balaban J connectivity index is 1.54. The molecule has 0 unspecified atom stereocenters. The summed E-state index contributed by atoms with van der Waals surface area (Å²) >= 11 is 7.47. The summed E-state index contributed by atoms with van der Waals surface area (Å²) in [7, 11) is 0. The van der Waals surface area contributed by atoms with Gasteiger partial charge in [0.2, 0.25) is 5.91 Å².